The molecule has 1 atom stereocenters. The predicted octanol–water partition coefficient (Wildman–Crippen LogP) is 2.81. The third-order valence-corrected chi connectivity index (χ3v) is 3.60. The van der Waals surface area contributed by atoms with Crippen LogP contribution in [0.15, 0.2) is 30.3 Å². The van der Waals surface area contributed by atoms with E-state index < -0.39 is 6.04 Å². The van der Waals surface area contributed by atoms with Crippen LogP contribution in [0.25, 0.3) is 0 Å². The van der Waals surface area contributed by atoms with E-state index >= 15 is 0 Å². The van der Waals surface area contributed by atoms with Crippen LogP contribution in [0.4, 0.5) is 0 Å². The molecule has 3 heteroatoms. The number of benzene rings is 1. The van der Waals surface area contributed by atoms with Gasteiger partial charge in [-0.25, -0.2) is 4.79 Å². The minimum atomic E-state index is -0.658. The zero-order valence-corrected chi connectivity index (χ0v) is 10.7. The Morgan fingerprint density at radius 2 is 1.89 bits per heavy atom. The van der Waals surface area contributed by atoms with Gasteiger partial charge in [-0.2, -0.15) is 0 Å². The summed E-state index contributed by atoms with van der Waals surface area (Å²) in [6.07, 6.45) is 6.18. The molecule has 0 saturated heterocycles. The van der Waals surface area contributed by atoms with Crippen LogP contribution in [-0.2, 0) is 9.53 Å². The number of hydrogen-bond acceptors (Lipinski definition) is 3. The van der Waals surface area contributed by atoms with Gasteiger partial charge in [0.1, 0.15) is 6.04 Å². The third-order valence-electron chi connectivity index (χ3n) is 3.60. The summed E-state index contributed by atoms with van der Waals surface area (Å²) < 4.78 is 5.33. The quantitative estimate of drug-likeness (QED) is 0.832. The van der Waals surface area contributed by atoms with Crippen molar-refractivity contribution in [1.82, 2.24) is 0 Å². The SMILES string of the molecule is N[C@@H](C(=O)OCC1CCCCC1)c1ccccc1. The Hall–Kier alpha value is -1.35. The van der Waals surface area contributed by atoms with Gasteiger partial charge in [-0.15, -0.1) is 0 Å². The molecule has 1 saturated carbocycles. The van der Waals surface area contributed by atoms with Gasteiger partial charge in [0.15, 0.2) is 0 Å². The standard InChI is InChI=1S/C15H21NO2/c16-14(13-9-5-2-6-10-13)15(17)18-11-12-7-3-1-4-8-12/h2,5-6,9-10,12,14H,1,3-4,7-8,11,16H2/t14-/m1/s1. The van der Waals surface area contributed by atoms with Crippen LogP contribution in [0.5, 0.6) is 0 Å². The number of carbonyl (C=O) groups is 1. The fraction of sp³-hybridized carbons (Fsp3) is 0.533. The molecular formula is C15H21NO2. The number of nitrogens with two attached hydrogens (primary N) is 1. The van der Waals surface area contributed by atoms with E-state index in [-0.39, 0.29) is 5.97 Å². The van der Waals surface area contributed by atoms with E-state index in [1.807, 2.05) is 30.3 Å². The first kappa shape index (κ1) is 13.1. The number of rotatable bonds is 4. The van der Waals surface area contributed by atoms with Crippen LogP contribution < -0.4 is 5.73 Å². The summed E-state index contributed by atoms with van der Waals surface area (Å²) in [5, 5.41) is 0. The lowest BCUT2D eigenvalue weighted by atomic mass is 9.90. The van der Waals surface area contributed by atoms with Crippen molar-refractivity contribution < 1.29 is 9.53 Å². The average Bonchev–Trinajstić information content (AvgIpc) is 2.46. The Morgan fingerprint density at radius 1 is 1.22 bits per heavy atom. The van der Waals surface area contributed by atoms with Gasteiger partial charge < -0.3 is 10.5 Å². The lowest BCUT2D eigenvalue weighted by Crippen LogP contribution is -2.26. The van der Waals surface area contributed by atoms with Gasteiger partial charge >= 0.3 is 5.97 Å². The Balaban J connectivity index is 1.80. The first-order valence-corrected chi connectivity index (χ1v) is 6.74. The van der Waals surface area contributed by atoms with Crippen LogP contribution in [0.1, 0.15) is 43.7 Å². The van der Waals surface area contributed by atoms with E-state index in [0.717, 1.165) is 5.56 Å². The molecule has 1 aliphatic carbocycles. The molecular weight excluding hydrogens is 226 g/mol. The van der Waals surface area contributed by atoms with E-state index in [0.29, 0.717) is 12.5 Å². The second kappa shape index (κ2) is 6.55. The van der Waals surface area contributed by atoms with Gasteiger partial charge in [-0.1, -0.05) is 49.6 Å². The molecule has 1 aromatic carbocycles. The van der Waals surface area contributed by atoms with Crippen LogP contribution >= 0.6 is 0 Å². The first-order valence-electron chi connectivity index (χ1n) is 6.74. The van der Waals surface area contributed by atoms with Gasteiger partial charge in [0.25, 0.3) is 0 Å². The molecule has 0 spiro atoms. The van der Waals surface area contributed by atoms with E-state index in [1.165, 1.54) is 32.1 Å². The Kier molecular flexibility index (Phi) is 4.76. The van der Waals surface area contributed by atoms with Gasteiger partial charge in [-0.3, -0.25) is 0 Å². The zero-order chi connectivity index (χ0) is 12.8. The number of esters is 1. The highest BCUT2D eigenvalue weighted by molar-refractivity contribution is 5.77. The van der Waals surface area contributed by atoms with Crippen LogP contribution in [0.3, 0.4) is 0 Å². The number of hydrogen-bond donors (Lipinski definition) is 1. The fourth-order valence-corrected chi connectivity index (χ4v) is 2.44. The van der Waals surface area contributed by atoms with Crippen molar-refractivity contribution in [2.45, 2.75) is 38.1 Å². The molecule has 2 N–H and O–H groups in total. The molecule has 2 rings (SSSR count). The van der Waals surface area contributed by atoms with E-state index in [2.05, 4.69) is 0 Å². The van der Waals surface area contributed by atoms with E-state index in [9.17, 15) is 4.79 Å². The van der Waals surface area contributed by atoms with Crippen LogP contribution in [-0.4, -0.2) is 12.6 Å². The highest BCUT2D eigenvalue weighted by Gasteiger charge is 2.20. The van der Waals surface area contributed by atoms with Crippen LogP contribution in [0.2, 0.25) is 0 Å². The Morgan fingerprint density at radius 3 is 2.56 bits per heavy atom. The molecule has 0 radical (unpaired) electrons. The van der Waals surface area contributed by atoms with Crippen molar-refractivity contribution in [1.29, 1.82) is 0 Å². The molecule has 0 aliphatic heterocycles. The topological polar surface area (TPSA) is 52.3 Å². The fourth-order valence-electron chi connectivity index (χ4n) is 2.44. The summed E-state index contributed by atoms with van der Waals surface area (Å²) in [7, 11) is 0. The average molecular weight is 247 g/mol. The van der Waals surface area contributed by atoms with E-state index in [1.54, 1.807) is 0 Å². The summed E-state index contributed by atoms with van der Waals surface area (Å²) in [4.78, 5) is 11.8. The maximum Gasteiger partial charge on any atom is 0.327 e. The minimum absolute atomic E-state index is 0.313. The molecule has 0 bridgehead atoms. The smallest absolute Gasteiger partial charge is 0.327 e. The molecule has 0 aromatic heterocycles. The third kappa shape index (κ3) is 3.57. The van der Waals surface area contributed by atoms with Crippen molar-refractivity contribution in [2.24, 2.45) is 11.7 Å². The van der Waals surface area contributed by atoms with Gasteiger partial charge in [0.05, 0.1) is 6.61 Å². The van der Waals surface area contributed by atoms with Gasteiger partial charge in [-0.05, 0) is 24.3 Å². The molecule has 0 amide bonds. The first-order chi connectivity index (χ1) is 8.77. The van der Waals surface area contributed by atoms with Crippen molar-refractivity contribution in [3.05, 3.63) is 35.9 Å². The molecule has 3 nitrogen and oxygen atoms in total. The zero-order valence-electron chi connectivity index (χ0n) is 10.7. The van der Waals surface area contributed by atoms with Crippen molar-refractivity contribution in [3.63, 3.8) is 0 Å². The summed E-state index contributed by atoms with van der Waals surface area (Å²) in [6.45, 7) is 0.527. The van der Waals surface area contributed by atoms with Crippen molar-refractivity contribution in [2.75, 3.05) is 6.61 Å². The predicted molar refractivity (Wildman–Crippen MR) is 70.9 cm³/mol. The summed E-state index contributed by atoms with van der Waals surface area (Å²) in [5.74, 6) is 0.220. The van der Waals surface area contributed by atoms with Gasteiger partial charge in [0, 0.05) is 0 Å². The second-order valence-electron chi connectivity index (χ2n) is 5.02. The maximum atomic E-state index is 11.8. The number of ether oxygens (including phenoxy) is 1. The molecule has 1 aliphatic rings. The molecule has 18 heavy (non-hydrogen) atoms. The van der Waals surface area contributed by atoms with Gasteiger partial charge in [0.2, 0.25) is 0 Å². The largest absolute Gasteiger partial charge is 0.464 e. The number of carbonyl (C=O) groups excluding carboxylic acids is 1. The normalized spacial score (nSPS) is 18.3. The summed E-state index contributed by atoms with van der Waals surface area (Å²) >= 11 is 0. The Bertz CT molecular complexity index is 371. The van der Waals surface area contributed by atoms with Crippen molar-refractivity contribution >= 4 is 5.97 Å². The highest BCUT2D eigenvalue weighted by Crippen LogP contribution is 2.24. The van der Waals surface area contributed by atoms with Crippen molar-refractivity contribution in [3.8, 4) is 0 Å². The summed E-state index contributed by atoms with van der Waals surface area (Å²) in [6, 6.07) is 8.71. The monoisotopic (exact) mass is 247 g/mol. The minimum Gasteiger partial charge on any atom is -0.464 e. The highest BCUT2D eigenvalue weighted by atomic mass is 16.5. The Labute approximate surface area is 108 Å². The molecule has 98 valence electrons. The lowest BCUT2D eigenvalue weighted by Gasteiger charge is -2.22. The lowest BCUT2D eigenvalue weighted by molar-refractivity contribution is -0.147. The molecule has 0 heterocycles. The molecule has 0 unspecified atom stereocenters. The maximum absolute atomic E-state index is 11.8. The van der Waals surface area contributed by atoms with Crippen LogP contribution in [0, 0.1) is 5.92 Å². The van der Waals surface area contributed by atoms with E-state index in [4.69, 9.17) is 10.5 Å². The summed E-state index contributed by atoms with van der Waals surface area (Å²) in [5.41, 5.74) is 6.69. The molecule has 1 fully saturated rings. The molecule has 1 aromatic rings. The second-order valence-corrected chi connectivity index (χ2v) is 5.02.